The number of thioether (sulfide) groups is 1. The molecular formula is C21H25BrClN3O4S. The van der Waals surface area contributed by atoms with Gasteiger partial charge in [-0.1, -0.05) is 46.6 Å². The lowest BCUT2D eigenvalue weighted by molar-refractivity contribution is -0.139. The van der Waals surface area contributed by atoms with Crippen LogP contribution in [0.1, 0.15) is 19.8 Å². The van der Waals surface area contributed by atoms with Crippen LogP contribution in [0.25, 0.3) is 0 Å². The van der Waals surface area contributed by atoms with Crippen molar-refractivity contribution >= 4 is 62.7 Å². The summed E-state index contributed by atoms with van der Waals surface area (Å²) in [4.78, 5) is 41.5. The quantitative estimate of drug-likeness (QED) is 0.470. The number of hydrogen-bond acceptors (Lipinski definition) is 5. The molecule has 2 bridgehead atoms. The van der Waals surface area contributed by atoms with Crippen LogP contribution in [0.4, 0.5) is 5.69 Å². The number of likely N-dealkylation sites (tertiary alicyclic amines) is 1. The zero-order valence-corrected chi connectivity index (χ0v) is 20.2. The normalized spacial score (nSPS) is 33.5. The maximum absolute atomic E-state index is 13.5. The topological polar surface area (TPSA) is 98.7 Å². The number of nitrogens with one attached hydrogen (secondary N) is 2. The van der Waals surface area contributed by atoms with Crippen molar-refractivity contribution in [1.29, 1.82) is 0 Å². The monoisotopic (exact) mass is 529 g/mol. The van der Waals surface area contributed by atoms with E-state index in [1.165, 1.54) is 4.90 Å². The van der Waals surface area contributed by atoms with E-state index in [9.17, 15) is 19.5 Å². The van der Waals surface area contributed by atoms with E-state index < -0.39 is 22.6 Å². The molecule has 3 aliphatic rings. The van der Waals surface area contributed by atoms with Crippen molar-refractivity contribution in [3.8, 4) is 0 Å². The number of halogens is 2. The Balaban J connectivity index is 1.70. The van der Waals surface area contributed by atoms with Gasteiger partial charge in [-0.05, 0) is 25.0 Å². The van der Waals surface area contributed by atoms with Gasteiger partial charge < -0.3 is 20.6 Å². The fourth-order valence-electron chi connectivity index (χ4n) is 5.21. The number of carbonyl (C=O) groups excluding carboxylic acids is 3. The smallest absolute Gasteiger partial charge is 0.248 e. The Hall–Kier alpha value is -1.29. The standard InChI is InChI=1S/C21H25BrClN3O4S/c1-2-7-24-18(28)14-15-20(30)26(8-9-27)17(21(15)10-11(22)16(14)31-21)19(29)25-13-6-4-3-5-12(13)23/h3-6,11,14-17,27H,2,7-10H2,1H3,(H,24,28)(H,25,29)/t11?,14-,15-,16-,17?,21?/m0/s1. The second-order valence-electron chi connectivity index (χ2n) is 8.18. The number of amides is 3. The molecule has 0 saturated carbocycles. The fraction of sp³-hybridized carbons (Fsp3) is 0.571. The number of β-amino-alcohol motifs (C(OH)–C–C–N with tert-alkyl or cyclic N) is 1. The molecule has 7 nitrogen and oxygen atoms in total. The fourth-order valence-corrected chi connectivity index (χ4v) is 9.00. The summed E-state index contributed by atoms with van der Waals surface area (Å²) in [6.45, 7) is 2.30. The first-order valence-corrected chi connectivity index (χ1v) is 12.6. The number of rotatable bonds is 7. The van der Waals surface area contributed by atoms with Crippen molar-refractivity contribution in [3.63, 3.8) is 0 Å². The summed E-state index contributed by atoms with van der Waals surface area (Å²) in [7, 11) is 0. The van der Waals surface area contributed by atoms with E-state index in [2.05, 4.69) is 26.6 Å². The lowest BCUT2D eigenvalue weighted by Gasteiger charge is -2.35. The van der Waals surface area contributed by atoms with Crippen molar-refractivity contribution in [2.75, 3.05) is 25.0 Å². The Morgan fingerprint density at radius 1 is 1.35 bits per heavy atom. The second-order valence-corrected chi connectivity index (χ2v) is 11.3. The van der Waals surface area contributed by atoms with Crippen LogP contribution in [0, 0.1) is 11.8 Å². The number of fused-ring (bicyclic) bond motifs is 1. The first-order valence-electron chi connectivity index (χ1n) is 10.4. The van der Waals surface area contributed by atoms with E-state index in [1.54, 1.807) is 36.0 Å². The number of benzene rings is 1. The largest absolute Gasteiger partial charge is 0.395 e. The van der Waals surface area contributed by atoms with Gasteiger partial charge in [0.05, 0.1) is 33.9 Å². The van der Waals surface area contributed by atoms with Crippen LogP contribution in [0.15, 0.2) is 24.3 Å². The van der Waals surface area contributed by atoms with Gasteiger partial charge in [0, 0.05) is 23.2 Å². The summed E-state index contributed by atoms with van der Waals surface area (Å²) in [5.41, 5.74) is 0.468. The molecule has 3 N–H and O–H groups in total. The molecule has 0 aliphatic carbocycles. The van der Waals surface area contributed by atoms with Gasteiger partial charge in [-0.3, -0.25) is 14.4 Å². The summed E-state index contributed by atoms with van der Waals surface area (Å²) in [5.74, 6) is -1.83. The third-order valence-corrected chi connectivity index (χ3v) is 9.91. The number of hydrogen-bond donors (Lipinski definition) is 3. The minimum atomic E-state index is -0.799. The van der Waals surface area contributed by atoms with Crippen LogP contribution < -0.4 is 10.6 Å². The van der Waals surface area contributed by atoms with Gasteiger partial charge in [0.25, 0.3) is 0 Å². The van der Waals surface area contributed by atoms with Crippen LogP contribution in [0.2, 0.25) is 5.02 Å². The predicted octanol–water partition coefficient (Wildman–Crippen LogP) is 2.26. The summed E-state index contributed by atoms with van der Waals surface area (Å²) >= 11 is 11.5. The van der Waals surface area contributed by atoms with E-state index in [4.69, 9.17) is 11.6 Å². The molecule has 1 aromatic rings. The van der Waals surface area contributed by atoms with E-state index in [0.717, 1.165) is 6.42 Å². The molecule has 3 amide bonds. The lowest BCUT2D eigenvalue weighted by Crippen LogP contribution is -2.53. The Kier molecular flexibility index (Phi) is 6.59. The van der Waals surface area contributed by atoms with Crippen LogP contribution in [-0.2, 0) is 14.4 Å². The van der Waals surface area contributed by atoms with Crippen LogP contribution >= 0.6 is 39.3 Å². The first-order chi connectivity index (χ1) is 14.9. The van der Waals surface area contributed by atoms with Crippen molar-refractivity contribution in [3.05, 3.63) is 29.3 Å². The third kappa shape index (κ3) is 3.67. The van der Waals surface area contributed by atoms with Gasteiger partial charge in [-0.2, -0.15) is 0 Å². The number of anilines is 1. The molecule has 6 atom stereocenters. The molecule has 3 heterocycles. The van der Waals surface area contributed by atoms with Crippen LogP contribution in [0.5, 0.6) is 0 Å². The van der Waals surface area contributed by atoms with Crippen molar-refractivity contribution in [1.82, 2.24) is 10.2 Å². The summed E-state index contributed by atoms with van der Waals surface area (Å²) in [6.07, 6.45) is 1.40. The molecule has 0 aromatic heterocycles. The van der Waals surface area contributed by atoms with Gasteiger partial charge in [-0.25, -0.2) is 0 Å². The van der Waals surface area contributed by atoms with Gasteiger partial charge in [-0.15, -0.1) is 11.8 Å². The molecule has 3 fully saturated rings. The lowest BCUT2D eigenvalue weighted by atomic mass is 9.70. The van der Waals surface area contributed by atoms with Gasteiger partial charge in [0.1, 0.15) is 6.04 Å². The van der Waals surface area contributed by atoms with E-state index >= 15 is 0 Å². The van der Waals surface area contributed by atoms with Gasteiger partial charge in [0.2, 0.25) is 17.7 Å². The third-order valence-electron chi connectivity index (χ3n) is 6.36. The summed E-state index contributed by atoms with van der Waals surface area (Å²) in [5, 5.41) is 15.7. The van der Waals surface area contributed by atoms with Gasteiger partial charge >= 0.3 is 0 Å². The van der Waals surface area contributed by atoms with Crippen LogP contribution in [0.3, 0.4) is 0 Å². The minimum absolute atomic E-state index is 0.0172. The maximum atomic E-state index is 13.5. The van der Waals surface area contributed by atoms with Crippen LogP contribution in [-0.4, -0.2) is 68.3 Å². The molecule has 3 saturated heterocycles. The predicted molar refractivity (Wildman–Crippen MR) is 124 cm³/mol. The SMILES string of the molecule is CCCNC(=O)[C@H]1[C@H]2C(=O)N(CCO)C(C(=O)Nc3ccccc3Cl)C23CC(Br)[C@@H]1S3. The van der Waals surface area contributed by atoms with Crippen molar-refractivity contribution in [2.24, 2.45) is 11.8 Å². The Bertz CT molecular complexity index is 905. The average molecular weight is 531 g/mol. The van der Waals surface area contributed by atoms with E-state index in [0.29, 0.717) is 23.7 Å². The Morgan fingerprint density at radius 2 is 2.10 bits per heavy atom. The zero-order valence-electron chi connectivity index (χ0n) is 17.0. The highest BCUT2D eigenvalue weighted by atomic mass is 79.9. The highest BCUT2D eigenvalue weighted by Gasteiger charge is 2.75. The molecule has 168 valence electrons. The summed E-state index contributed by atoms with van der Waals surface area (Å²) < 4.78 is -0.732. The minimum Gasteiger partial charge on any atom is -0.395 e. The number of carbonyl (C=O) groups is 3. The number of alkyl halides is 1. The zero-order chi connectivity index (χ0) is 22.3. The molecule has 31 heavy (non-hydrogen) atoms. The molecule has 3 unspecified atom stereocenters. The van der Waals surface area contributed by atoms with Crippen molar-refractivity contribution < 1.29 is 19.5 Å². The number of para-hydroxylation sites is 1. The number of aliphatic hydroxyl groups is 1. The average Bonchev–Trinajstić information content (AvgIpc) is 3.32. The molecule has 4 rings (SSSR count). The Labute approximate surface area is 198 Å². The number of nitrogens with zero attached hydrogens (tertiary/aromatic N) is 1. The first kappa shape index (κ1) is 22.9. The molecular weight excluding hydrogens is 506 g/mol. The number of aliphatic hydroxyl groups excluding tert-OH is 1. The molecule has 10 heteroatoms. The van der Waals surface area contributed by atoms with Crippen molar-refractivity contribution in [2.45, 2.75) is 40.6 Å². The van der Waals surface area contributed by atoms with E-state index in [1.807, 2.05) is 6.92 Å². The molecule has 1 aromatic carbocycles. The van der Waals surface area contributed by atoms with Gasteiger partial charge in [0.15, 0.2) is 0 Å². The highest BCUT2D eigenvalue weighted by molar-refractivity contribution is 9.09. The Morgan fingerprint density at radius 3 is 2.77 bits per heavy atom. The summed E-state index contributed by atoms with van der Waals surface area (Å²) in [6, 6.07) is 6.13. The highest BCUT2D eigenvalue weighted by Crippen LogP contribution is 2.67. The molecule has 1 spiro atoms. The maximum Gasteiger partial charge on any atom is 0.248 e. The van der Waals surface area contributed by atoms with E-state index in [-0.39, 0.29) is 41.0 Å². The molecule has 3 aliphatic heterocycles. The second kappa shape index (κ2) is 8.92. The molecule has 0 radical (unpaired) electrons.